The topological polar surface area (TPSA) is 59.0 Å². The van der Waals surface area contributed by atoms with Crippen LogP contribution < -0.4 is 0 Å². The summed E-state index contributed by atoms with van der Waals surface area (Å²) in [6, 6.07) is 16.0. The number of hydrogen-bond donors (Lipinski definition) is 0. The van der Waals surface area contributed by atoms with Gasteiger partial charge in [0.15, 0.2) is 10.6 Å². The summed E-state index contributed by atoms with van der Waals surface area (Å²) < 4.78 is 23.6. The summed E-state index contributed by atoms with van der Waals surface area (Å²) in [5, 5.41) is 13.9. The van der Waals surface area contributed by atoms with Crippen molar-refractivity contribution in [2.24, 2.45) is 0 Å². The van der Waals surface area contributed by atoms with Gasteiger partial charge in [-0.2, -0.15) is 10.4 Å². The zero-order valence-electron chi connectivity index (χ0n) is 17.4. The van der Waals surface area contributed by atoms with Crippen LogP contribution in [-0.4, -0.2) is 39.0 Å². The van der Waals surface area contributed by atoms with Crippen LogP contribution in [0.15, 0.2) is 48.5 Å². The molecule has 0 saturated carbocycles. The van der Waals surface area contributed by atoms with Gasteiger partial charge >= 0.3 is 0 Å². The summed E-state index contributed by atoms with van der Waals surface area (Å²) >= 11 is 5.76. The normalized spacial score (nSPS) is 16.0. The average molecular weight is 438 g/mol. The standard InChI is InChI=1S/C23H24FN5OS/c1-27(14-18-5-2-4-17(12-18)13-25)16-29-23(31)28(15-21-6-3-11-30-21)22(26-29)19-7-9-20(24)10-8-19/h2,4-5,7-10,12,21H,3,6,11,14-16H2,1H3. The van der Waals surface area contributed by atoms with Gasteiger partial charge in [0, 0.05) is 18.7 Å². The second kappa shape index (κ2) is 9.52. The van der Waals surface area contributed by atoms with Gasteiger partial charge in [-0.15, -0.1) is 0 Å². The first kappa shape index (κ1) is 21.4. The molecule has 1 aliphatic heterocycles. The van der Waals surface area contributed by atoms with Crippen LogP contribution in [0.5, 0.6) is 0 Å². The van der Waals surface area contributed by atoms with E-state index in [1.54, 1.807) is 22.9 Å². The van der Waals surface area contributed by atoms with E-state index in [0.29, 0.717) is 35.9 Å². The lowest BCUT2D eigenvalue weighted by atomic mass is 10.1. The summed E-state index contributed by atoms with van der Waals surface area (Å²) in [5.41, 5.74) is 2.50. The molecule has 3 aromatic rings. The van der Waals surface area contributed by atoms with Gasteiger partial charge < -0.3 is 4.74 Å². The van der Waals surface area contributed by atoms with Gasteiger partial charge in [-0.25, -0.2) is 9.07 Å². The molecule has 1 atom stereocenters. The molecule has 1 saturated heterocycles. The van der Waals surface area contributed by atoms with Gasteiger partial charge in [0.25, 0.3) is 0 Å². The van der Waals surface area contributed by atoms with Crippen molar-refractivity contribution < 1.29 is 9.13 Å². The smallest absolute Gasteiger partial charge is 0.199 e. The van der Waals surface area contributed by atoms with Crippen LogP contribution in [0.1, 0.15) is 24.0 Å². The molecule has 1 fully saturated rings. The van der Waals surface area contributed by atoms with E-state index in [1.165, 1.54) is 12.1 Å². The predicted molar refractivity (Wildman–Crippen MR) is 118 cm³/mol. The zero-order valence-corrected chi connectivity index (χ0v) is 18.2. The van der Waals surface area contributed by atoms with Crippen LogP contribution >= 0.6 is 12.2 Å². The first-order valence-electron chi connectivity index (χ1n) is 10.3. The van der Waals surface area contributed by atoms with Gasteiger partial charge in [-0.1, -0.05) is 12.1 Å². The summed E-state index contributed by atoms with van der Waals surface area (Å²) in [6.07, 6.45) is 2.14. The molecule has 0 spiro atoms. The van der Waals surface area contributed by atoms with Crippen LogP contribution in [0, 0.1) is 21.9 Å². The predicted octanol–water partition coefficient (Wildman–Crippen LogP) is 4.36. The number of rotatable bonds is 7. The maximum absolute atomic E-state index is 13.4. The molecule has 1 unspecified atom stereocenters. The fourth-order valence-corrected chi connectivity index (χ4v) is 4.09. The molecular weight excluding hydrogens is 413 g/mol. The van der Waals surface area contributed by atoms with Crippen molar-refractivity contribution in [3.63, 3.8) is 0 Å². The van der Waals surface area contributed by atoms with E-state index >= 15 is 0 Å². The van der Waals surface area contributed by atoms with E-state index < -0.39 is 0 Å². The van der Waals surface area contributed by atoms with Crippen molar-refractivity contribution in [1.82, 2.24) is 19.2 Å². The molecule has 4 rings (SSSR count). The Labute approximate surface area is 186 Å². The molecule has 6 nitrogen and oxygen atoms in total. The third kappa shape index (κ3) is 5.07. The number of nitriles is 1. The summed E-state index contributed by atoms with van der Waals surface area (Å²) in [6.45, 7) is 2.53. The first-order chi connectivity index (χ1) is 15.0. The van der Waals surface area contributed by atoms with Crippen molar-refractivity contribution in [3.05, 3.63) is 70.2 Å². The molecule has 0 aliphatic carbocycles. The molecule has 1 aromatic heterocycles. The first-order valence-corrected chi connectivity index (χ1v) is 10.7. The molecule has 2 heterocycles. The minimum absolute atomic E-state index is 0.106. The highest BCUT2D eigenvalue weighted by atomic mass is 32.1. The quantitative estimate of drug-likeness (QED) is 0.514. The van der Waals surface area contributed by atoms with Crippen LogP contribution in [0.2, 0.25) is 0 Å². The highest BCUT2D eigenvalue weighted by Gasteiger charge is 2.21. The fourth-order valence-electron chi connectivity index (χ4n) is 3.83. The number of aromatic nitrogens is 3. The Hall–Kier alpha value is -2.86. The van der Waals surface area contributed by atoms with Crippen LogP contribution in [-0.2, 0) is 24.5 Å². The average Bonchev–Trinajstić information content (AvgIpc) is 3.38. The summed E-state index contributed by atoms with van der Waals surface area (Å²) in [4.78, 5) is 2.09. The van der Waals surface area contributed by atoms with Gasteiger partial charge in [-0.05, 0) is 74.1 Å². The maximum Gasteiger partial charge on any atom is 0.199 e. The number of nitrogens with zero attached hydrogens (tertiary/aromatic N) is 5. The second-order valence-corrected chi connectivity index (χ2v) is 8.19. The molecule has 0 amide bonds. The van der Waals surface area contributed by atoms with Gasteiger partial charge in [0.05, 0.1) is 31.0 Å². The number of benzene rings is 2. The molecule has 31 heavy (non-hydrogen) atoms. The van der Waals surface area contributed by atoms with E-state index in [1.807, 2.05) is 29.8 Å². The Morgan fingerprint density at radius 1 is 1.29 bits per heavy atom. The Kier molecular flexibility index (Phi) is 6.56. The van der Waals surface area contributed by atoms with Crippen molar-refractivity contribution in [2.45, 2.75) is 38.7 Å². The summed E-state index contributed by atoms with van der Waals surface area (Å²) in [5.74, 6) is 0.423. The van der Waals surface area contributed by atoms with Crippen LogP contribution in [0.25, 0.3) is 11.4 Å². The van der Waals surface area contributed by atoms with E-state index in [9.17, 15) is 4.39 Å². The number of halogens is 1. The van der Waals surface area contributed by atoms with E-state index in [4.69, 9.17) is 27.3 Å². The van der Waals surface area contributed by atoms with E-state index in [2.05, 4.69) is 11.0 Å². The second-order valence-electron chi connectivity index (χ2n) is 7.83. The highest BCUT2D eigenvalue weighted by Crippen LogP contribution is 2.22. The Morgan fingerprint density at radius 2 is 2.10 bits per heavy atom. The SMILES string of the molecule is CN(Cc1cccc(C#N)c1)Cn1nc(-c2ccc(F)cc2)n(CC2CCCO2)c1=S. The summed E-state index contributed by atoms with van der Waals surface area (Å²) in [7, 11) is 1.98. The van der Waals surface area contributed by atoms with Crippen LogP contribution in [0.3, 0.4) is 0 Å². The minimum atomic E-state index is -0.285. The number of hydrogen-bond acceptors (Lipinski definition) is 5. The molecule has 0 N–H and O–H groups in total. The molecule has 0 bridgehead atoms. The molecule has 1 aliphatic rings. The van der Waals surface area contributed by atoms with Gasteiger partial charge in [-0.3, -0.25) is 9.47 Å². The molecule has 160 valence electrons. The Bertz CT molecular complexity index is 1140. The Morgan fingerprint density at radius 3 is 2.81 bits per heavy atom. The van der Waals surface area contributed by atoms with E-state index in [-0.39, 0.29) is 11.9 Å². The third-order valence-corrected chi connectivity index (χ3v) is 5.75. The van der Waals surface area contributed by atoms with Crippen molar-refractivity contribution in [3.8, 4) is 17.5 Å². The molecule has 8 heteroatoms. The fraction of sp³-hybridized carbons (Fsp3) is 0.348. The monoisotopic (exact) mass is 437 g/mol. The lowest BCUT2D eigenvalue weighted by Crippen LogP contribution is -2.23. The van der Waals surface area contributed by atoms with Gasteiger partial charge in [0.2, 0.25) is 0 Å². The van der Waals surface area contributed by atoms with Crippen molar-refractivity contribution in [2.75, 3.05) is 13.7 Å². The zero-order chi connectivity index (χ0) is 21.8. The van der Waals surface area contributed by atoms with Crippen molar-refractivity contribution >= 4 is 12.2 Å². The number of ether oxygens (including phenoxy) is 1. The lowest BCUT2D eigenvalue weighted by Gasteiger charge is -2.16. The van der Waals surface area contributed by atoms with Gasteiger partial charge in [0.1, 0.15) is 5.82 Å². The van der Waals surface area contributed by atoms with E-state index in [0.717, 1.165) is 30.6 Å². The van der Waals surface area contributed by atoms with Crippen LogP contribution in [0.4, 0.5) is 4.39 Å². The lowest BCUT2D eigenvalue weighted by molar-refractivity contribution is 0.0967. The highest BCUT2D eigenvalue weighted by molar-refractivity contribution is 7.71. The molecule has 2 aromatic carbocycles. The minimum Gasteiger partial charge on any atom is -0.376 e. The molecular formula is C23H24FN5OS. The largest absolute Gasteiger partial charge is 0.376 e. The maximum atomic E-state index is 13.4. The van der Waals surface area contributed by atoms with Crippen molar-refractivity contribution in [1.29, 1.82) is 5.26 Å². The third-order valence-electron chi connectivity index (χ3n) is 5.32. The molecule has 0 radical (unpaired) electrons. The Balaban J connectivity index is 1.60.